The van der Waals surface area contributed by atoms with E-state index in [-0.39, 0.29) is 17.5 Å². The zero-order valence-electron chi connectivity index (χ0n) is 9.30. The largest absolute Gasteiger partial charge is 0.480 e. The van der Waals surface area contributed by atoms with E-state index in [0.717, 1.165) is 4.90 Å². The van der Waals surface area contributed by atoms with Crippen LogP contribution in [0.15, 0.2) is 24.3 Å². The molecule has 1 unspecified atom stereocenters. The average Bonchev–Trinajstić information content (AvgIpc) is 2.60. The molecule has 5 nitrogen and oxygen atoms in total. The van der Waals surface area contributed by atoms with Gasteiger partial charge in [-0.1, -0.05) is 28.1 Å². The molecule has 18 heavy (non-hydrogen) atoms. The summed E-state index contributed by atoms with van der Waals surface area (Å²) in [5.41, 5.74) is 0.534. The van der Waals surface area contributed by atoms with Gasteiger partial charge in [-0.3, -0.25) is 14.5 Å². The van der Waals surface area contributed by atoms with Crippen molar-refractivity contribution in [3.8, 4) is 0 Å². The minimum absolute atomic E-state index is 0.181. The lowest BCUT2D eigenvalue weighted by atomic mass is 10.1. The van der Waals surface area contributed by atoms with Gasteiger partial charge in [0.25, 0.3) is 11.8 Å². The number of carboxylic acids is 1. The minimum atomic E-state index is -1.18. The Balaban J connectivity index is 2.41. The first-order valence-electron chi connectivity index (χ1n) is 5.33. The van der Waals surface area contributed by atoms with Crippen LogP contribution in [0.3, 0.4) is 0 Å². The number of alkyl halides is 1. The Hall–Kier alpha value is -1.69. The van der Waals surface area contributed by atoms with Crippen LogP contribution >= 0.6 is 15.9 Å². The first kappa shape index (κ1) is 12.8. The zero-order valence-corrected chi connectivity index (χ0v) is 10.9. The Morgan fingerprint density at radius 1 is 1.22 bits per heavy atom. The smallest absolute Gasteiger partial charge is 0.326 e. The Kier molecular flexibility index (Phi) is 3.47. The van der Waals surface area contributed by atoms with Gasteiger partial charge < -0.3 is 5.11 Å². The highest BCUT2D eigenvalue weighted by Crippen LogP contribution is 2.25. The maximum atomic E-state index is 12.1. The van der Waals surface area contributed by atoms with Gasteiger partial charge in [-0.25, -0.2) is 4.79 Å². The fraction of sp³-hybridized carbons (Fsp3) is 0.250. The summed E-state index contributed by atoms with van der Waals surface area (Å²) in [6, 6.07) is 5.23. The van der Waals surface area contributed by atoms with E-state index in [9.17, 15) is 14.4 Å². The van der Waals surface area contributed by atoms with Crippen LogP contribution in [0.4, 0.5) is 0 Å². The lowest BCUT2D eigenvalue weighted by Gasteiger charge is -2.21. The highest BCUT2D eigenvalue weighted by Gasteiger charge is 2.42. The molecule has 0 radical (unpaired) electrons. The third kappa shape index (κ3) is 1.92. The molecular formula is C12H10BrNO4. The molecular weight excluding hydrogens is 302 g/mol. The third-order valence-corrected chi connectivity index (χ3v) is 3.26. The van der Waals surface area contributed by atoms with E-state index in [4.69, 9.17) is 5.11 Å². The van der Waals surface area contributed by atoms with Gasteiger partial charge in [-0.2, -0.15) is 0 Å². The highest BCUT2D eigenvalue weighted by molar-refractivity contribution is 9.09. The fourth-order valence-electron chi connectivity index (χ4n) is 1.96. The molecule has 1 aromatic carbocycles. The summed E-state index contributed by atoms with van der Waals surface area (Å²) in [7, 11) is 0. The summed E-state index contributed by atoms with van der Waals surface area (Å²) in [5.74, 6) is -2.25. The maximum absolute atomic E-state index is 12.1. The summed E-state index contributed by atoms with van der Waals surface area (Å²) < 4.78 is 0. The molecule has 1 heterocycles. The molecule has 0 fully saturated rings. The molecule has 1 aliphatic rings. The summed E-state index contributed by atoms with van der Waals surface area (Å²) >= 11 is 3.13. The minimum Gasteiger partial charge on any atom is -0.480 e. The Bertz CT molecular complexity index is 494. The number of benzene rings is 1. The lowest BCUT2D eigenvalue weighted by molar-refractivity contribution is -0.141. The molecule has 2 rings (SSSR count). The van der Waals surface area contributed by atoms with E-state index >= 15 is 0 Å². The standard InChI is InChI=1S/C12H10BrNO4/c13-6-5-9(12(17)18)14-10(15)7-3-1-2-4-8(7)11(14)16/h1-4,9H,5-6H2,(H,17,18). The fourth-order valence-corrected chi connectivity index (χ4v) is 2.39. The van der Waals surface area contributed by atoms with Gasteiger partial charge in [0.15, 0.2) is 0 Å². The van der Waals surface area contributed by atoms with Crippen LogP contribution in [-0.4, -0.2) is 39.2 Å². The monoisotopic (exact) mass is 311 g/mol. The summed E-state index contributed by atoms with van der Waals surface area (Å²) in [6.45, 7) is 0. The van der Waals surface area contributed by atoms with Crippen LogP contribution in [0.2, 0.25) is 0 Å². The van der Waals surface area contributed by atoms with Crippen LogP contribution < -0.4 is 0 Å². The number of hydrogen-bond acceptors (Lipinski definition) is 3. The Labute approximate surface area is 112 Å². The number of amides is 2. The number of fused-ring (bicyclic) bond motifs is 1. The highest BCUT2D eigenvalue weighted by atomic mass is 79.9. The van der Waals surface area contributed by atoms with Gasteiger partial charge in [-0.15, -0.1) is 0 Å². The molecule has 0 aliphatic carbocycles. The number of imide groups is 1. The molecule has 0 saturated heterocycles. The molecule has 2 amide bonds. The number of nitrogens with zero attached hydrogens (tertiary/aromatic N) is 1. The Morgan fingerprint density at radius 3 is 2.11 bits per heavy atom. The molecule has 1 aliphatic heterocycles. The molecule has 0 saturated carbocycles. The summed E-state index contributed by atoms with van der Waals surface area (Å²) in [5, 5.41) is 9.51. The van der Waals surface area contributed by atoms with Gasteiger partial charge in [0.2, 0.25) is 0 Å². The predicted octanol–water partition coefficient (Wildman–Crippen LogP) is 1.52. The number of carbonyl (C=O) groups is 3. The van der Waals surface area contributed by atoms with Crippen LogP contribution in [-0.2, 0) is 4.79 Å². The van der Waals surface area contributed by atoms with E-state index < -0.39 is 23.8 Å². The second-order valence-electron chi connectivity index (χ2n) is 3.86. The van der Waals surface area contributed by atoms with Gasteiger partial charge >= 0.3 is 5.97 Å². The molecule has 0 spiro atoms. The molecule has 1 N–H and O–H groups in total. The normalized spacial score (nSPS) is 15.7. The van der Waals surface area contributed by atoms with Crippen molar-refractivity contribution >= 4 is 33.7 Å². The van der Waals surface area contributed by atoms with Crippen molar-refractivity contribution in [1.29, 1.82) is 0 Å². The third-order valence-electron chi connectivity index (χ3n) is 2.80. The average molecular weight is 312 g/mol. The van der Waals surface area contributed by atoms with Crippen molar-refractivity contribution in [3.63, 3.8) is 0 Å². The number of halogens is 1. The van der Waals surface area contributed by atoms with E-state index in [1.807, 2.05) is 0 Å². The molecule has 0 bridgehead atoms. The number of carboxylic acid groups (broad SMARTS) is 1. The Morgan fingerprint density at radius 2 is 1.72 bits per heavy atom. The molecule has 1 atom stereocenters. The van der Waals surface area contributed by atoms with Gasteiger partial charge in [-0.05, 0) is 18.6 Å². The van der Waals surface area contributed by atoms with Crippen molar-refractivity contribution < 1.29 is 19.5 Å². The SMILES string of the molecule is O=C(O)C(CCBr)N1C(=O)c2ccccc2C1=O. The van der Waals surface area contributed by atoms with Crippen LogP contribution in [0, 0.1) is 0 Å². The second kappa shape index (κ2) is 4.89. The van der Waals surface area contributed by atoms with Crippen molar-refractivity contribution in [1.82, 2.24) is 4.90 Å². The zero-order chi connectivity index (χ0) is 13.3. The topological polar surface area (TPSA) is 74.7 Å². The van der Waals surface area contributed by atoms with Crippen LogP contribution in [0.1, 0.15) is 27.1 Å². The molecule has 6 heteroatoms. The van der Waals surface area contributed by atoms with Crippen molar-refractivity contribution in [3.05, 3.63) is 35.4 Å². The van der Waals surface area contributed by atoms with Crippen LogP contribution in [0.5, 0.6) is 0 Å². The van der Waals surface area contributed by atoms with Crippen molar-refractivity contribution in [2.45, 2.75) is 12.5 Å². The number of rotatable bonds is 4. The van der Waals surface area contributed by atoms with Gasteiger partial charge in [0.1, 0.15) is 6.04 Å². The quantitative estimate of drug-likeness (QED) is 0.676. The molecule has 0 aromatic heterocycles. The van der Waals surface area contributed by atoms with Crippen LogP contribution in [0.25, 0.3) is 0 Å². The van der Waals surface area contributed by atoms with E-state index in [1.54, 1.807) is 12.1 Å². The molecule has 94 valence electrons. The second-order valence-corrected chi connectivity index (χ2v) is 4.65. The van der Waals surface area contributed by atoms with E-state index in [0.29, 0.717) is 5.33 Å². The number of carbonyl (C=O) groups excluding carboxylic acids is 2. The van der Waals surface area contributed by atoms with Gasteiger partial charge in [0.05, 0.1) is 11.1 Å². The summed E-state index contributed by atoms with van der Waals surface area (Å²) in [6.07, 6.45) is 0.181. The number of hydrogen-bond donors (Lipinski definition) is 1. The van der Waals surface area contributed by atoms with Crippen molar-refractivity contribution in [2.24, 2.45) is 0 Å². The van der Waals surface area contributed by atoms with E-state index in [1.165, 1.54) is 12.1 Å². The summed E-state index contributed by atoms with van der Waals surface area (Å²) in [4.78, 5) is 36.1. The first-order valence-corrected chi connectivity index (χ1v) is 6.45. The maximum Gasteiger partial charge on any atom is 0.326 e. The molecule has 1 aromatic rings. The van der Waals surface area contributed by atoms with Gasteiger partial charge in [0, 0.05) is 5.33 Å². The van der Waals surface area contributed by atoms with E-state index in [2.05, 4.69) is 15.9 Å². The van der Waals surface area contributed by atoms with Crippen molar-refractivity contribution in [2.75, 3.05) is 5.33 Å². The number of aliphatic carboxylic acids is 1. The lowest BCUT2D eigenvalue weighted by Crippen LogP contribution is -2.45. The first-order chi connectivity index (χ1) is 8.57. The predicted molar refractivity (Wildman–Crippen MR) is 66.8 cm³/mol.